The van der Waals surface area contributed by atoms with E-state index in [2.05, 4.69) is 10.5 Å². The molecule has 110 valence electrons. The number of aromatic hydroxyl groups is 2. The Morgan fingerprint density at radius 1 is 1.24 bits per heavy atom. The van der Waals surface area contributed by atoms with Crippen LogP contribution in [-0.2, 0) is 6.42 Å². The van der Waals surface area contributed by atoms with Gasteiger partial charge in [0.1, 0.15) is 11.5 Å². The largest absolute Gasteiger partial charge is 0.508 e. The van der Waals surface area contributed by atoms with E-state index in [4.69, 9.17) is 0 Å². The quantitative estimate of drug-likeness (QED) is 0.635. The van der Waals surface area contributed by atoms with Gasteiger partial charge in [0.2, 0.25) is 0 Å². The van der Waals surface area contributed by atoms with Gasteiger partial charge in [-0.3, -0.25) is 15.7 Å². The van der Waals surface area contributed by atoms with Crippen LogP contribution < -0.4 is 5.48 Å². The number of hydrogen-bond donors (Lipinski definition) is 4. The number of hydrogen-bond acceptors (Lipinski definition) is 5. The highest BCUT2D eigenvalue weighted by molar-refractivity contribution is 5.82. The summed E-state index contributed by atoms with van der Waals surface area (Å²) < 4.78 is 0. The average Bonchev–Trinajstić information content (AvgIpc) is 2.49. The Kier molecular flexibility index (Phi) is 4.79. The SMILES string of the molecule is CCCc1cc(C(=Cc2ccccn2)NO)c(O)cc1O. The number of aryl methyl sites for hydroxylation is 1. The van der Waals surface area contributed by atoms with Crippen molar-refractivity contribution in [2.24, 2.45) is 0 Å². The summed E-state index contributed by atoms with van der Waals surface area (Å²) in [6, 6.07) is 8.34. The number of phenolic OH excluding ortho intramolecular Hbond substituents is 2. The summed E-state index contributed by atoms with van der Waals surface area (Å²) in [6.45, 7) is 2.00. The van der Waals surface area contributed by atoms with Crippen LogP contribution in [0, 0.1) is 0 Å². The van der Waals surface area contributed by atoms with Crippen molar-refractivity contribution in [1.82, 2.24) is 10.5 Å². The zero-order valence-electron chi connectivity index (χ0n) is 11.7. The highest BCUT2D eigenvalue weighted by Crippen LogP contribution is 2.32. The summed E-state index contributed by atoms with van der Waals surface area (Å²) in [6.07, 6.45) is 4.80. The first-order valence-electron chi connectivity index (χ1n) is 6.73. The van der Waals surface area contributed by atoms with Gasteiger partial charge in [-0.15, -0.1) is 0 Å². The minimum atomic E-state index is -0.115. The molecule has 0 fully saturated rings. The lowest BCUT2D eigenvalue weighted by Gasteiger charge is -2.12. The van der Waals surface area contributed by atoms with Gasteiger partial charge >= 0.3 is 0 Å². The summed E-state index contributed by atoms with van der Waals surface area (Å²) in [4.78, 5) is 4.14. The van der Waals surface area contributed by atoms with Crippen LogP contribution in [0.5, 0.6) is 11.5 Å². The molecule has 4 N–H and O–H groups in total. The molecule has 0 saturated heterocycles. The third-order valence-corrected chi connectivity index (χ3v) is 3.11. The molecule has 5 nitrogen and oxygen atoms in total. The molecule has 0 bridgehead atoms. The number of nitrogens with one attached hydrogen (secondary N) is 1. The average molecular weight is 286 g/mol. The summed E-state index contributed by atoms with van der Waals surface area (Å²) >= 11 is 0. The van der Waals surface area contributed by atoms with E-state index in [0.717, 1.165) is 6.42 Å². The first-order chi connectivity index (χ1) is 10.2. The Bertz CT molecular complexity index is 639. The molecule has 0 radical (unpaired) electrons. The van der Waals surface area contributed by atoms with Gasteiger partial charge in [-0.1, -0.05) is 19.4 Å². The van der Waals surface area contributed by atoms with E-state index in [9.17, 15) is 15.4 Å². The van der Waals surface area contributed by atoms with E-state index >= 15 is 0 Å². The highest BCUT2D eigenvalue weighted by atomic mass is 16.5. The van der Waals surface area contributed by atoms with Crippen molar-refractivity contribution >= 4 is 11.8 Å². The molecule has 1 heterocycles. The van der Waals surface area contributed by atoms with Gasteiger partial charge in [0.05, 0.1) is 11.4 Å². The third kappa shape index (κ3) is 3.52. The molecule has 2 aromatic rings. The van der Waals surface area contributed by atoms with Gasteiger partial charge in [-0.05, 0) is 36.3 Å². The van der Waals surface area contributed by atoms with Crippen LogP contribution in [0.25, 0.3) is 11.8 Å². The summed E-state index contributed by atoms with van der Waals surface area (Å²) in [7, 11) is 0. The number of pyridine rings is 1. The highest BCUT2D eigenvalue weighted by Gasteiger charge is 2.12. The molecule has 0 saturated carbocycles. The lowest BCUT2D eigenvalue weighted by molar-refractivity contribution is 0.225. The third-order valence-electron chi connectivity index (χ3n) is 3.11. The maximum atomic E-state index is 9.99. The summed E-state index contributed by atoms with van der Waals surface area (Å²) in [5.74, 6) is -0.0655. The first-order valence-corrected chi connectivity index (χ1v) is 6.73. The van der Waals surface area contributed by atoms with Crippen molar-refractivity contribution in [2.45, 2.75) is 19.8 Å². The Morgan fingerprint density at radius 3 is 2.67 bits per heavy atom. The zero-order chi connectivity index (χ0) is 15.2. The maximum absolute atomic E-state index is 9.99. The lowest BCUT2D eigenvalue weighted by atomic mass is 10.0. The van der Waals surface area contributed by atoms with Gasteiger partial charge in [-0.25, -0.2) is 0 Å². The lowest BCUT2D eigenvalue weighted by Crippen LogP contribution is -2.06. The van der Waals surface area contributed by atoms with Crippen molar-refractivity contribution in [2.75, 3.05) is 0 Å². The molecule has 0 aliphatic carbocycles. The molecule has 1 aromatic heterocycles. The Hall–Kier alpha value is -2.53. The van der Waals surface area contributed by atoms with Gasteiger partial charge in [0.15, 0.2) is 0 Å². The Labute approximate surface area is 123 Å². The van der Waals surface area contributed by atoms with E-state index < -0.39 is 0 Å². The van der Waals surface area contributed by atoms with Crippen molar-refractivity contribution < 1.29 is 15.4 Å². The summed E-state index contributed by atoms with van der Waals surface area (Å²) in [5, 5.41) is 29.1. The molecule has 0 aliphatic rings. The fourth-order valence-corrected chi connectivity index (χ4v) is 2.09. The monoisotopic (exact) mass is 286 g/mol. The fraction of sp³-hybridized carbons (Fsp3) is 0.188. The number of nitrogens with zero attached hydrogens (tertiary/aromatic N) is 1. The molecular formula is C16H18N2O3. The number of rotatable bonds is 5. The van der Waals surface area contributed by atoms with Crippen LogP contribution in [0.4, 0.5) is 0 Å². The summed E-state index contributed by atoms with van der Waals surface area (Å²) in [5.41, 5.74) is 4.14. The van der Waals surface area contributed by atoms with E-state index in [0.29, 0.717) is 28.9 Å². The van der Waals surface area contributed by atoms with E-state index in [1.807, 2.05) is 13.0 Å². The van der Waals surface area contributed by atoms with Crippen molar-refractivity contribution in [3.8, 4) is 11.5 Å². The molecule has 0 amide bonds. The van der Waals surface area contributed by atoms with Crippen LogP contribution in [0.2, 0.25) is 0 Å². The number of hydroxylamine groups is 1. The van der Waals surface area contributed by atoms with Gasteiger partial charge < -0.3 is 10.2 Å². The Morgan fingerprint density at radius 2 is 2.05 bits per heavy atom. The van der Waals surface area contributed by atoms with Crippen molar-refractivity contribution in [3.63, 3.8) is 0 Å². The molecule has 0 aliphatic heterocycles. The molecule has 2 rings (SSSR count). The molecule has 0 spiro atoms. The number of phenols is 2. The van der Waals surface area contributed by atoms with Crippen molar-refractivity contribution in [1.29, 1.82) is 0 Å². The van der Waals surface area contributed by atoms with Crippen LogP contribution in [0.15, 0.2) is 36.5 Å². The van der Waals surface area contributed by atoms with Gasteiger partial charge in [-0.2, -0.15) is 0 Å². The standard InChI is InChI=1S/C16H18N2O3/c1-2-5-11-8-13(16(20)10-15(11)19)14(18-21)9-12-6-3-4-7-17-12/h3-4,6-10,18-21H,2,5H2,1H3. The second-order valence-electron chi connectivity index (χ2n) is 4.67. The van der Waals surface area contributed by atoms with Crippen LogP contribution in [-0.4, -0.2) is 20.4 Å². The minimum absolute atomic E-state index is 0.0493. The van der Waals surface area contributed by atoms with E-state index in [1.54, 1.807) is 30.5 Å². The topological polar surface area (TPSA) is 85.6 Å². The molecule has 1 aromatic carbocycles. The second-order valence-corrected chi connectivity index (χ2v) is 4.67. The molecule has 0 unspecified atom stereocenters. The van der Waals surface area contributed by atoms with Gasteiger partial charge in [0, 0.05) is 17.8 Å². The fourth-order valence-electron chi connectivity index (χ4n) is 2.09. The van der Waals surface area contributed by atoms with E-state index in [-0.39, 0.29) is 11.5 Å². The normalized spacial score (nSPS) is 11.4. The zero-order valence-corrected chi connectivity index (χ0v) is 11.7. The molecular weight excluding hydrogens is 268 g/mol. The molecule has 0 atom stereocenters. The first kappa shape index (κ1) is 14.9. The van der Waals surface area contributed by atoms with Crippen molar-refractivity contribution in [3.05, 3.63) is 53.3 Å². The minimum Gasteiger partial charge on any atom is -0.508 e. The number of benzene rings is 1. The predicted octanol–water partition coefficient (Wildman–Crippen LogP) is 2.92. The van der Waals surface area contributed by atoms with Crippen LogP contribution in [0.3, 0.4) is 0 Å². The Balaban J connectivity index is 2.47. The predicted molar refractivity (Wildman–Crippen MR) is 80.8 cm³/mol. The van der Waals surface area contributed by atoms with Crippen LogP contribution in [0.1, 0.15) is 30.2 Å². The number of aromatic nitrogens is 1. The van der Waals surface area contributed by atoms with Crippen LogP contribution >= 0.6 is 0 Å². The van der Waals surface area contributed by atoms with Gasteiger partial charge in [0.25, 0.3) is 0 Å². The maximum Gasteiger partial charge on any atom is 0.128 e. The molecule has 21 heavy (non-hydrogen) atoms. The molecule has 5 heteroatoms. The smallest absolute Gasteiger partial charge is 0.128 e. The van der Waals surface area contributed by atoms with E-state index in [1.165, 1.54) is 6.07 Å². The second kappa shape index (κ2) is 6.76.